The molecular weight excluding hydrogens is 847 g/mol. The van der Waals surface area contributed by atoms with E-state index >= 15 is 0 Å². The molecule has 67 heavy (non-hydrogen) atoms. The Bertz CT molecular complexity index is 1100. The van der Waals surface area contributed by atoms with Crippen molar-refractivity contribution in [1.82, 2.24) is 5.32 Å². The molecule has 398 valence electrons. The van der Waals surface area contributed by atoms with E-state index in [1.165, 1.54) is 193 Å². The smallest absolute Gasteiger partial charge is 0.249 e. The number of aliphatic hydroxyl groups excluding tert-OH is 7. The van der Waals surface area contributed by atoms with Crippen molar-refractivity contribution < 1.29 is 50.0 Å². The van der Waals surface area contributed by atoms with Crippen LogP contribution < -0.4 is 5.32 Å². The molecule has 0 radical (unpaired) electrons. The third-order valence-electron chi connectivity index (χ3n) is 14.1. The van der Waals surface area contributed by atoms with E-state index < -0.39 is 74.2 Å². The monoisotopic (exact) mass is 956 g/mol. The predicted molar refractivity (Wildman–Crippen MR) is 275 cm³/mol. The maximum absolute atomic E-state index is 13.1. The van der Waals surface area contributed by atoms with Crippen LogP contribution in [0.1, 0.15) is 271 Å². The van der Waals surface area contributed by atoms with Crippen LogP contribution in [0, 0.1) is 0 Å². The van der Waals surface area contributed by atoms with E-state index in [0.717, 1.165) is 38.5 Å². The lowest BCUT2D eigenvalue weighted by Gasteiger charge is -2.40. The van der Waals surface area contributed by atoms with E-state index in [1.807, 2.05) is 0 Å². The summed E-state index contributed by atoms with van der Waals surface area (Å²) in [6, 6.07) is -1.18. The molecule has 0 aromatic rings. The minimum absolute atomic E-state index is 0.259. The van der Waals surface area contributed by atoms with Gasteiger partial charge in [-0.3, -0.25) is 4.79 Å². The molecular formula is C56H109NO10. The molecule has 1 rings (SSSR count). The minimum Gasteiger partial charge on any atom is -0.394 e. The zero-order valence-corrected chi connectivity index (χ0v) is 43.4. The molecule has 1 fully saturated rings. The van der Waals surface area contributed by atoms with E-state index in [-0.39, 0.29) is 12.8 Å². The van der Waals surface area contributed by atoms with Gasteiger partial charge < -0.3 is 50.5 Å². The summed E-state index contributed by atoms with van der Waals surface area (Å²) in [4.78, 5) is 13.1. The van der Waals surface area contributed by atoms with Crippen LogP contribution in [-0.2, 0) is 14.3 Å². The molecule has 8 N–H and O–H groups in total. The normalized spacial score (nSPS) is 20.6. The lowest BCUT2D eigenvalue weighted by molar-refractivity contribution is -0.303. The van der Waals surface area contributed by atoms with Gasteiger partial charge >= 0.3 is 0 Å². The van der Waals surface area contributed by atoms with E-state index in [0.29, 0.717) is 12.8 Å². The van der Waals surface area contributed by atoms with Crippen LogP contribution in [0.2, 0.25) is 0 Å². The van der Waals surface area contributed by atoms with Gasteiger partial charge in [0.25, 0.3) is 0 Å². The Morgan fingerprint density at radius 2 is 0.881 bits per heavy atom. The van der Waals surface area contributed by atoms with Gasteiger partial charge in [-0.2, -0.15) is 0 Å². The molecule has 0 spiro atoms. The third kappa shape index (κ3) is 34.8. The topological polar surface area (TPSA) is 189 Å². The molecule has 1 aliphatic rings. The number of carbonyl (C=O) groups is 1. The highest BCUT2D eigenvalue weighted by atomic mass is 16.7. The Hall–Kier alpha value is -1.15. The number of aliphatic hydroxyl groups is 7. The Morgan fingerprint density at radius 3 is 1.28 bits per heavy atom. The molecule has 0 aliphatic carbocycles. The van der Waals surface area contributed by atoms with Crippen LogP contribution in [0.4, 0.5) is 0 Å². The van der Waals surface area contributed by atoms with Crippen LogP contribution in [0.5, 0.6) is 0 Å². The van der Waals surface area contributed by atoms with Crippen molar-refractivity contribution in [3.8, 4) is 0 Å². The SMILES string of the molecule is CCCCCCCCCCCCCCCCCCCCCCC/C=C/CCCC(O)C(O)C(COC1OC(CO)C(O)C(O)C1O)NC(=O)C(O)CCCCCCCCCCCCCCCC. The van der Waals surface area contributed by atoms with Crippen molar-refractivity contribution in [3.63, 3.8) is 0 Å². The summed E-state index contributed by atoms with van der Waals surface area (Å²) in [6.07, 6.45) is 41.3. The van der Waals surface area contributed by atoms with E-state index in [1.54, 1.807) is 0 Å². The molecule has 11 nitrogen and oxygen atoms in total. The summed E-state index contributed by atoms with van der Waals surface area (Å²) in [5.74, 6) is -0.702. The first-order chi connectivity index (χ1) is 32.7. The maximum atomic E-state index is 13.1. The van der Waals surface area contributed by atoms with Gasteiger partial charge in [-0.15, -0.1) is 0 Å². The summed E-state index contributed by atoms with van der Waals surface area (Å²) < 4.78 is 11.1. The fraction of sp³-hybridized carbons (Fsp3) is 0.946. The van der Waals surface area contributed by atoms with E-state index in [4.69, 9.17) is 9.47 Å². The minimum atomic E-state index is -1.66. The molecule has 9 unspecified atom stereocenters. The number of rotatable bonds is 49. The zero-order chi connectivity index (χ0) is 49.0. The number of hydrogen-bond acceptors (Lipinski definition) is 10. The summed E-state index contributed by atoms with van der Waals surface area (Å²) in [5.41, 5.74) is 0. The molecule has 11 heteroatoms. The molecule has 1 heterocycles. The number of nitrogens with one attached hydrogen (secondary N) is 1. The molecule has 9 atom stereocenters. The van der Waals surface area contributed by atoms with Crippen LogP contribution in [0.15, 0.2) is 12.2 Å². The summed E-state index contributed by atoms with van der Waals surface area (Å²) >= 11 is 0. The molecule has 1 amide bonds. The fourth-order valence-electron chi connectivity index (χ4n) is 9.39. The first-order valence-electron chi connectivity index (χ1n) is 28.6. The Morgan fingerprint density at radius 1 is 0.507 bits per heavy atom. The largest absolute Gasteiger partial charge is 0.394 e. The lowest BCUT2D eigenvalue weighted by atomic mass is 9.98. The maximum Gasteiger partial charge on any atom is 0.249 e. The fourth-order valence-corrected chi connectivity index (χ4v) is 9.39. The highest BCUT2D eigenvalue weighted by Gasteiger charge is 2.44. The van der Waals surface area contributed by atoms with Gasteiger partial charge in [-0.05, 0) is 38.5 Å². The van der Waals surface area contributed by atoms with Crippen molar-refractivity contribution in [2.24, 2.45) is 0 Å². The molecule has 0 aromatic carbocycles. The van der Waals surface area contributed by atoms with Crippen LogP contribution in [0.25, 0.3) is 0 Å². The summed E-state index contributed by atoms with van der Waals surface area (Å²) in [5, 5.41) is 76.0. The molecule has 1 aliphatic heterocycles. The second-order valence-electron chi connectivity index (χ2n) is 20.4. The van der Waals surface area contributed by atoms with Crippen LogP contribution in [-0.4, -0.2) is 110 Å². The van der Waals surface area contributed by atoms with Gasteiger partial charge in [-0.25, -0.2) is 0 Å². The molecule has 1 saturated heterocycles. The average Bonchev–Trinajstić information content (AvgIpc) is 3.33. The highest BCUT2D eigenvalue weighted by molar-refractivity contribution is 5.80. The second kappa shape index (κ2) is 46.0. The molecule has 0 bridgehead atoms. The number of unbranched alkanes of at least 4 members (excludes halogenated alkanes) is 35. The number of carbonyl (C=O) groups excluding carboxylic acids is 1. The number of ether oxygens (including phenoxy) is 2. The Kier molecular flexibility index (Phi) is 43.8. The van der Waals surface area contributed by atoms with Crippen LogP contribution >= 0.6 is 0 Å². The molecule has 0 aromatic heterocycles. The van der Waals surface area contributed by atoms with Crippen molar-refractivity contribution in [2.75, 3.05) is 13.2 Å². The quantitative estimate of drug-likeness (QED) is 0.0215. The van der Waals surface area contributed by atoms with Gasteiger partial charge in [0, 0.05) is 0 Å². The standard InChI is InChI=1S/C56H109NO10/c1-3-5-7-9-11-13-15-17-19-20-21-22-23-24-25-26-27-28-29-30-32-33-35-37-39-41-43-48(59)51(61)47(46-66-56-54(64)53(63)52(62)50(45-58)67-56)57-55(65)49(60)44-42-40-38-36-34-31-18-16-14-12-10-8-6-4-2/h35,37,47-54,56,58-64H,3-34,36,38-46H2,1-2H3,(H,57,65)/b37-35+. The van der Waals surface area contributed by atoms with Gasteiger partial charge in [0.1, 0.15) is 36.6 Å². The molecule has 0 saturated carbocycles. The Balaban J connectivity index is 2.30. The predicted octanol–water partition coefficient (Wildman–Crippen LogP) is 11.6. The van der Waals surface area contributed by atoms with Crippen molar-refractivity contribution >= 4 is 5.91 Å². The number of amides is 1. The van der Waals surface area contributed by atoms with E-state index in [2.05, 4.69) is 31.3 Å². The van der Waals surface area contributed by atoms with Crippen molar-refractivity contribution in [2.45, 2.75) is 326 Å². The van der Waals surface area contributed by atoms with Gasteiger partial charge in [0.2, 0.25) is 5.91 Å². The first-order valence-corrected chi connectivity index (χ1v) is 28.6. The van der Waals surface area contributed by atoms with Gasteiger partial charge in [0.15, 0.2) is 6.29 Å². The van der Waals surface area contributed by atoms with Gasteiger partial charge in [-0.1, -0.05) is 244 Å². The zero-order valence-electron chi connectivity index (χ0n) is 43.4. The summed E-state index contributed by atoms with van der Waals surface area (Å²) in [6.45, 7) is 3.46. The van der Waals surface area contributed by atoms with Crippen molar-refractivity contribution in [1.29, 1.82) is 0 Å². The van der Waals surface area contributed by atoms with Crippen molar-refractivity contribution in [3.05, 3.63) is 12.2 Å². The second-order valence-corrected chi connectivity index (χ2v) is 20.4. The summed E-state index contributed by atoms with van der Waals surface area (Å²) in [7, 11) is 0. The van der Waals surface area contributed by atoms with Crippen LogP contribution in [0.3, 0.4) is 0 Å². The number of allylic oxidation sites excluding steroid dienone is 2. The van der Waals surface area contributed by atoms with Gasteiger partial charge in [0.05, 0.1) is 25.4 Å². The average molecular weight is 956 g/mol. The highest BCUT2D eigenvalue weighted by Crippen LogP contribution is 2.23. The lowest BCUT2D eigenvalue weighted by Crippen LogP contribution is -2.60. The Labute approximate surface area is 411 Å². The first kappa shape index (κ1) is 63.9. The van der Waals surface area contributed by atoms with E-state index in [9.17, 15) is 40.5 Å². The third-order valence-corrected chi connectivity index (χ3v) is 14.1. The number of hydrogen-bond donors (Lipinski definition) is 8.